The fraction of sp³-hybridized carbons (Fsp3) is 0.0667. The highest BCUT2D eigenvalue weighted by molar-refractivity contribution is 9.10. The van der Waals surface area contributed by atoms with Crippen molar-refractivity contribution in [1.82, 2.24) is 9.97 Å². The van der Waals surface area contributed by atoms with Crippen LogP contribution in [0.2, 0.25) is 0 Å². The predicted molar refractivity (Wildman–Crippen MR) is 165 cm³/mol. The first-order chi connectivity index (χ1) is 20.4. The normalized spacial score (nSPS) is 13.1. The predicted octanol–water partition coefficient (Wildman–Crippen LogP) is 4.47. The third-order valence-corrected chi connectivity index (χ3v) is 5.89. The Morgan fingerprint density at radius 1 is 0.690 bits per heavy atom. The third-order valence-electron chi connectivity index (χ3n) is 5.44. The number of nitrogens with zero attached hydrogens (tertiary/aromatic N) is 2. The lowest BCUT2D eigenvalue weighted by Gasteiger charge is -2.16. The topological polar surface area (TPSA) is 143 Å². The Balaban J connectivity index is 0.000000153. The number of rotatable bonds is 4. The Morgan fingerprint density at radius 2 is 1.21 bits per heavy atom. The largest absolute Gasteiger partial charge is 0.480 e. The zero-order valence-corrected chi connectivity index (χ0v) is 23.8. The lowest BCUT2D eigenvalue weighted by atomic mass is 9.91. The number of pyridine rings is 2. The van der Waals surface area contributed by atoms with Crippen molar-refractivity contribution in [3.63, 3.8) is 0 Å². The van der Waals surface area contributed by atoms with Crippen LogP contribution in [0.1, 0.15) is 16.8 Å². The molecule has 0 spiro atoms. The van der Waals surface area contributed by atoms with Crippen molar-refractivity contribution in [2.45, 2.75) is 0 Å². The van der Waals surface area contributed by atoms with Crippen molar-refractivity contribution in [3.05, 3.63) is 112 Å². The van der Waals surface area contributed by atoms with Crippen LogP contribution in [0.5, 0.6) is 11.5 Å². The molecular formula is C30H26BBrN4O6. The fourth-order valence-corrected chi connectivity index (χ4v) is 3.83. The number of hydrogen-bond acceptors (Lipinski definition) is 8. The number of carbonyl (C=O) groups excluding carboxylic acids is 2. The summed E-state index contributed by atoms with van der Waals surface area (Å²) >= 11 is 3.19. The summed E-state index contributed by atoms with van der Waals surface area (Å²) in [7, 11) is -1.37. The second-order valence-corrected chi connectivity index (χ2v) is 9.48. The van der Waals surface area contributed by atoms with E-state index >= 15 is 0 Å². The van der Waals surface area contributed by atoms with Gasteiger partial charge in [-0.25, -0.2) is 9.97 Å². The van der Waals surface area contributed by atoms with E-state index in [0.29, 0.717) is 27.7 Å². The maximum absolute atomic E-state index is 11.2. The quantitative estimate of drug-likeness (QED) is 0.192. The molecule has 42 heavy (non-hydrogen) atoms. The van der Waals surface area contributed by atoms with Crippen LogP contribution in [-0.4, -0.2) is 52.2 Å². The highest BCUT2D eigenvalue weighted by atomic mass is 79.9. The number of carbonyl (C=O) groups is 2. The number of hydrogen-bond donors (Lipinski definition) is 4. The minimum atomic E-state index is -1.37. The average Bonchev–Trinajstić information content (AvgIpc) is 3.00. The Hall–Kier alpha value is -4.78. The van der Waals surface area contributed by atoms with E-state index in [0.717, 1.165) is 16.8 Å². The van der Waals surface area contributed by atoms with Crippen molar-refractivity contribution in [2.75, 3.05) is 23.8 Å². The molecule has 0 radical (unpaired) electrons. The molecule has 0 saturated carbocycles. The molecule has 10 nitrogen and oxygen atoms in total. The Kier molecular flexibility index (Phi) is 11.0. The fourth-order valence-electron chi connectivity index (χ4n) is 3.52. The summed E-state index contributed by atoms with van der Waals surface area (Å²) in [6.45, 7) is 0.115. The molecule has 2 aromatic carbocycles. The van der Waals surface area contributed by atoms with Crippen molar-refractivity contribution < 1.29 is 29.1 Å². The summed E-state index contributed by atoms with van der Waals surface area (Å²) in [5, 5.41) is 22.3. The van der Waals surface area contributed by atoms with Crippen LogP contribution in [0, 0.1) is 0 Å². The molecule has 0 fully saturated rings. The minimum absolute atomic E-state index is 0.0495. The number of halogens is 1. The van der Waals surface area contributed by atoms with Gasteiger partial charge in [0.1, 0.15) is 4.60 Å². The van der Waals surface area contributed by atoms with Gasteiger partial charge in [0.2, 0.25) is 0 Å². The standard InChI is InChI=1S/C15H12N2O2.C8H9BO2.C7H5BrN2O2/c18-14-10-19-13-9-8-12(16-15(13)17-14)7-6-11-4-2-1-3-5-11;10-9(11)7-6-8-4-2-1-3-5-8;8-5-2-1-4-7(9-5)10-6(11)3-12-4/h1-9H,10H2,(H,16,17,18);1-7,10-11H;1-2H,3H2,(H,9,10,11)/b2*7-6+;. The molecule has 6 rings (SSSR count). The molecule has 2 amide bonds. The van der Waals surface area contributed by atoms with Crippen LogP contribution in [0.25, 0.3) is 18.2 Å². The first kappa shape index (κ1) is 30.2. The molecular weight excluding hydrogens is 603 g/mol. The molecule has 0 aliphatic carbocycles. The van der Waals surface area contributed by atoms with Crippen molar-refractivity contribution in [2.24, 2.45) is 0 Å². The van der Waals surface area contributed by atoms with E-state index in [9.17, 15) is 9.59 Å². The second kappa shape index (κ2) is 15.3. The summed E-state index contributed by atoms with van der Waals surface area (Å²) in [6.07, 6.45) is 5.53. The van der Waals surface area contributed by atoms with E-state index in [1.54, 1.807) is 18.2 Å². The van der Waals surface area contributed by atoms with Crippen LogP contribution >= 0.6 is 15.9 Å². The van der Waals surface area contributed by atoms with Gasteiger partial charge in [-0.05, 0) is 57.4 Å². The molecule has 4 heterocycles. The van der Waals surface area contributed by atoms with Gasteiger partial charge in [0.05, 0.1) is 5.69 Å². The Morgan fingerprint density at radius 3 is 1.79 bits per heavy atom. The monoisotopic (exact) mass is 628 g/mol. The maximum atomic E-state index is 11.2. The van der Waals surface area contributed by atoms with E-state index in [-0.39, 0.29) is 25.0 Å². The van der Waals surface area contributed by atoms with E-state index < -0.39 is 7.12 Å². The van der Waals surface area contributed by atoms with Crippen LogP contribution in [0.15, 0.2) is 95.5 Å². The average molecular weight is 629 g/mol. The molecule has 2 aromatic heterocycles. The lowest BCUT2D eigenvalue weighted by Crippen LogP contribution is -2.26. The maximum Gasteiger partial charge on any atom is 0.480 e. The van der Waals surface area contributed by atoms with Crippen LogP contribution < -0.4 is 20.1 Å². The Labute approximate surface area is 251 Å². The zero-order chi connectivity index (χ0) is 29.7. The molecule has 0 unspecified atom stereocenters. The number of nitrogens with one attached hydrogen (secondary N) is 2. The van der Waals surface area contributed by atoms with E-state index in [1.807, 2.05) is 84.9 Å². The van der Waals surface area contributed by atoms with Crippen molar-refractivity contribution in [3.8, 4) is 11.5 Å². The van der Waals surface area contributed by atoms with Gasteiger partial charge in [-0.2, -0.15) is 0 Å². The number of ether oxygens (including phenoxy) is 2. The molecule has 212 valence electrons. The van der Waals surface area contributed by atoms with E-state index in [2.05, 4.69) is 36.5 Å². The van der Waals surface area contributed by atoms with Gasteiger partial charge in [-0.1, -0.05) is 78.8 Å². The molecule has 0 saturated heterocycles. The van der Waals surface area contributed by atoms with Crippen molar-refractivity contribution >= 4 is 64.7 Å². The Bertz CT molecular complexity index is 1570. The molecule has 4 aromatic rings. The highest BCUT2D eigenvalue weighted by Gasteiger charge is 2.17. The number of anilines is 2. The van der Waals surface area contributed by atoms with Gasteiger partial charge in [-0.15, -0.1) is 0 Å². The number of fused-ring (bicyclic) bond motifs is 2. The van der Waals surface area contributed by atoms with Gasteiger partial charge in [-0.3, -0.25) is 9.59 Å². The summed E-state index contributed by atoms with van der Waals surface area (Å²) < 4.78 is 11.0. The van der Waals surface area contributed by atoms with Crippen LogP contribution in [0.4, 0.5) is 11.6 Å². The molecule has 0 bridgehead atoms. The van der Waals surface area contributed by atoms with Gasteiger partial charge in [0.15, 0.2) is 36.3 Å². The van der Waals surface area contributed by atoms with Gasteiger partial charge in [0.25, 0.3) is 11.8 Å². The summed E-state index contributed by atoms with van der Waals surface area (Å²) in [5.74, 6) is 3.13. The lowest BCUT2D eigenvalue weighted by molar-refractivity contribution is -0.119. The smallest absolute Gasteiger partial charge is 0.480 e. The number of aromatic nitrogens is 2. The highest BCUT2D eigenvalue weighted by Crippen LogP contribution is 2.27. The molecule has 2 aliphatic heterocycles. The molecule has 4 N–H and O–H groups in total. The minimum Gasteiger partial charge on any atom is -0.480 e. The molecule has 12 heteroatoms. The second-order valence-electron chi connectivity index (χ2n) is 8.66. The molecule has 0 atom stereocenters. The van der Waals surface area contributed by atoms with Gasteiger partial charge < -0.3 is 30.2 Å². The summed E-state index contributed by atoms with van der Waals surface area (Å²) in [5.41, 5.74) is 2.83. The molecule has 2 aliphatic rings. The summed E-state index contributed by atoms with van der Waals surface area (Å²) in [4.78, 5) is 30.4. The number of benzene rings is 2. The van der Waals surface area contributed by atoms with E-state index in [4.69, 9.17) is 19.5 Å². The zero-order valence-electron chi connectivity index (χ0n) is 22.2. The van der Waals surface area contributed by atoms with Crippen LogP contribution in [-0.2, 0) is 9.59 Å². The van der Waals surface area contributed by atoms with Gasteiger partial charge in [0, 0.05) is 0 Å². The van der Waals surface area contributed by atoms with Crippen LogP contribution in [0.3, 0.4) is 0 Å². The first-order valence-corrected chi connectivity index (χ1v) is 13.5. The van der Waals surface area contributed by atoms with Gasteiger partial charge >= 0.3 is 7.12 Å². The van der Waals surface area contributed by atoms with E-state index in [1.165, 1.54) is 5.98 Å². The first-order valence-electron chi connectivity index (χ1n) is 12.7. The SMILES string of the molecule is O=C1COc2ccc(/C=C/c3ccccc3)nc2N1.O=C1COc2ccc(Br)nc2N1.OB(O)/C=C/c1ccccc1. The summed E-state index contributed by atoms with van der Waals surface area (Å²) in [6, 6.07) is 26.6. The third kappa shape index (κ3) is 9.70. The number of amides is 2. The van der Waals surface area contributed by atoms with Crippen molar-refractivity contribution in [1.29, 1.82) is 0 Å².